The summed E-state index contributed by atoms with van der Waals surface area (Å²) in [5.41, 5.74) is 2.67. The van der Waals surface area contributed by atoms with E-state index in [2.05, 4.69) is 15.3 Å². The van der Waals surface area contributed by atoms with Gasteiger partial charge in [-0.25, -0.2) is 10.2 Å². The summed E-state index contributed by atoms with van der Waals surface area (Å²) in [5, 5.41) is 15.0. The lowest BCUT2D eigenvalue weighted by Gasteiger charge is -2.06. The highest BCUT2D eigenvalue weighted by Gasteiger charge is 2.16. The quantitative estimate of drug-likeness (QED) is 0.472. The van der Waals surface area contributed by atoms with Crippen molar-refractivity contribution < 1.29 is 19.2 Å². The number of halogens is 1. The van der Waals surface area contributed by atoms with E-state index in [-0.39, 0.29) is 23.1 Å². The van der Waals surface area contributed by atoms with Crippen LogP contribution in [0.15, 0.2) is 47.6 Å². The zero-order valence-electron chi connectivity index (χ0n) is 13.1. The Morgan fingerprint density at radius 3 is 2.68 bits per heavy atom. The lowest BCUT2D eigenvalue weighted by molar-refractivity contribution is -0.385. The van der Waals surface area contributed by atoms with Gasteiger partial charge in [-0.05, 0) is 48.9 Å². The number of nitro benzene ring substituents is 1. The first-order valence-corrected chi connectivity index (χ1v) is 7.55. The molecule has 2 rings (SSSR count). The zero-order chi connectivity index (χ0) is 18.2. The van der Waals surface area contributed by atoms with Crippen LogP contribution in [0.5, 0.6) is 11.5 Å². The van der Waals surface area contributed by atoms with Crippen molar-refractivity contribution in [1.82, 2.24) is 5.43 Å². The molecule has 8 nitrogen and oxygen atoms in total. The van der Waals surface area contributed by atoms with Crippen molar-refractivity contribution in [2.75, 3.05) is 6.61 Å². The average molecular weight is 364 g/mol. The predicted octanol–water partition coefficient (Wildman–Crippen LogP) is 4.12. The summed E-state index contributed by atoms with van der Waals surface area (Å²) < 4.78 is 10.2. The van der Waals surface area contributed by atoms with E-state index in [1.54, 1.807) is 31.2 Å². The second-order valence-corrected chi connectivity index (χ2v) is 5.07. The second-order valence-electron chi connectivity index (χ2n) is 4.63. The number of hydrazone groups is 1. The van der Waals surface area contributed by atoms with Gasteiger partial charge >= 0.3 is 11.8 Å². The van der Waals surface area contributed by atoms with Crippen molar-refractivity contribution in [3.8, 4) is 11.5 Å². The highest BCUT2D eigenvalue weighted by atomic mass is 35.5. The van der Waals surface area contributed by atoms with Crippen molar-refractivity contribution >= 4 is 29.6 Å². The summed E-state index contributed by atoms with van der Waals surface area (Å²) in [5.74, 6) is 0.487. The van der Waals surface area contributed by atoms with Crippen molar-refractivity contribution in [2.24, 2.45) is 5.10 Å². The van der Waals surface area contributed by atoms with Crippen LogP contribution in [0.1, 0.15) is 12.5 Å². The number of nitrogens with zero attached hydrogens (tertiary/aromatic N) is 2. The normalized spacial score (nSPS) is 10.5. The maximum absolute atomic E-state index is 11.1. The summed E-state index contributed by atoms with van der Waals surface area (Å²) in [4.78, 5) is 21.5. The third-order valence-electron chi connectivity index (χ3n) is 2.87. The van der Waals surface area contributed by atoms with Gasteiger partial charge in [-0.2, -0.15) is 5.10 Å². The molecule has 9 heteroatoms. The van der Waals surface area contributed by atoms with E-state index in [1.165, 1.54) is 24.4 Å². The maximum Gasteiger partial charge on any atom is 0.427 e. The fraction of sp³-hybridized carbons (Fsp3) is 0.125. The van der Waals surface area contributed by atoms with E-state index in [9.17, 15) is 14.9 Å². The van der Waals surface area contributed by atoms with Gasteiger partial charge in [0.05, 0.1) is 17.7 Å². The van der Waals surface area contributed by atoms with Gasteiger partial charge in [0, 0.05) is 11.1 Å². The highest BCUT2D eigenvalue weighted by Crippen LogP contribution is 2.33. The fourth-order valence-corrected chi connectivity index (χ4v) is 1.96. The van der Waals surface area contributed by atoms with Gasteiger partial charge < -0.3 is 9.47 Å². The van der Waals surface area contributed by atoms with Gasteiger partial charge in [0.25, 0.3) is 0 Å². The number of hydrogen-bond acceptors (Lipinski definition) is 6. The van der Waals surface area contributed by atoms with Crippen LogP contribution in [0.3, 0.4) is 0 Å². The van der Waals surface area contributed by atoms with Gasteiger partial charge in [-0.15, -0.1) is 0 Å². The summed E-state index contributed by atoms with van der Waals surface area (Å²) >= 11 is 5.76. The van der Waals surface area contributed by atoms with E-state index in [0.717, 1.165) is 0 Å². The molecule has 0 aromatic heterocycles. The molecule has 1 amide bonds. The molecule has 0 bridgehead atoms. The minimum Gasteiger partial charge on any atom is -0.450 e. The van der Waals surface area contributed by atoms with E-state index in [4.69, 9.17) is 16.3 Å². The Kier molecular flexibility index (Phi) is 6.30. The van der Waals surface area contributed by atoms with Gasteiger partial charge in [0.15, 0.2) is 0 Å². The van der Waals surface area contributed by atoms with Crippen LogP contribution in [0, 0.1) is 10.1 Å². The third kappa shape index (κ3) is 5.47. The van der Waals surface area contributed by atoms with E-state index >= 15 is 0 Å². The van der Waals surface area contributed by atoms with Crippen molar-refractivity contribution in [2.45, 2.75) is 6.92 Å². The molecule has 130 valence electrons. The molecule has 2 aromatic carbocycles. The van der Waals surface area contributed by atoms with Gasteiger partial charge in [0.2, 0.25) is 5.75 Å². The van der Waals surface area contributed by atoms with Crippen LogP contribution in [-0.2, 0) is 4.74 Å². The standard InChI is InChI=1S/C16H14ClN3O5/c1-2-24-16(21)19-18-10-11-3-6-13(7-4-11)25-15-8-5-12(17)9-14(15)20(22)23/h3-10H,2H2,1H3,(H,19,21)/b18-10-. The number of hydrogen-bond donors (Lipinski definition) is 1. The molecule has 0 saturated heterocycles. The maximum atomic E-state index is 11.1. The van der Waals surface area contributed by atoms with Gasteiger partial charge in [-0.1, -0.05) is 11.6 Å². The molecule has 1 N–H and O–H groups in total. The molecule has 0 aliphatic rings. The number of carbonyl (C=O) groups excluding carboxylic acids is 1. The molecule has 0 spiro atoms. The molecule has 0 fully saturated rings. The number of ether oxygens (including phenoxy) is 2. The van der Waals surface area contributed by atoms with Gasteiger partial charge in [0.1, 0.15) is 5.75 Å². The summed E-state index contributed by atoms with van der Waals surface area (Å²) in [6.45, 7) is 1.94. The number of nitrogens with one attached hydrogen (secondary N) is 1. The third-order valence-corrected chi connectivity index (χ3v) is 3.11. The SMILES string of the molecule is CCOC(=O)N/N=C\c1ccc(Oc2ccc(Cl)cc2[N+](=O)[O-])cc1. The fourth-order valence-electron chi connectivity index (χ4n) is 1.79. The molecule has 0 atom stereocenters. The Balaban J connectivity index is 2.05. The smallest absolute Gasteiger partial charge is 0.427 e. The molecule has 0 saturated carbocycles. The van der Waals surface area contributed by atoms with Crippen molar-refractivity contribution in [1.29, 1.82) is 0 Å². The number of benzene rings is 2. The molecule has 2 aromatic rings. The lowest BCUT2D eigenvalue weighted by Crippen LogP contribution is -2.18. The average Bonchev–Trinajstić information content (AvgIpc) is 2.58. The summed E-state index contributed by atoms with van der Waals surface area (Å²) in [6.07, 6.45) is 0.777. The topological polar surface area (TPSA) is 103 Å². The number of nitro groups is 1. The van der Waals surface area contributed by atoms with Crippen molar-refractivity contribution in [3.05, 3.63) is 63.2 Å². The minimum absolute atomic E-state index is 0.0831. The first-order chi connectivity index (χ1) is 12.0. The number of amides is 1. The van der Waals surface area contributed by atoms with Crippen LogP contribution in [0.2, 0.25) is 5.02 Å². The molecule has 0 aliphatic carbocycles. The molecular formula is C16H14ClN3O5. The van der Waals surface area contributed by atoms with Crippen LogP contribution < -0.4 is 10.2 Å². The van der Waals surface area contributed by atoms with E-state index in [0.29, 0.717) is 11.3 Å². The molecule has 0 heterocycles. The van der Waals surface area contributed by atoms with Crippen LogP contribution in [0.25, 0.3) is 0 Å². The minimum atomic E-state index is -0.645. The Morgan fingerprint density at radius 1 is 1.32 bits per heavy atom. The molecular weight excluding hydrogens is 350 g/mol. The first kappa shape index (κ1) is 18.2. The molecule has 25 heavy (non-hydrogen) atoms. The zero-order valence-corrected chi connectivity index (χ0v) is 13.9. The summed E-state index contributed by atoms with van der Waals surface area (Å²) in [6, 6.07) is 10.7. The Labute approximate surface area is 148 Å². The monoisotopic (exact) mass is 363 g/mol. The highest BCUT2D eigenvalue weighted by molar-refractivity contribution is 6.30. The van der Waals surface area contributed by atoms with Crippen LogP contribution >= 0.6 is 11.6 Å². The first-order valence-electron chi connectivity index (χ1n) is 7.17. The Bertz CT molecular complexity index is 793. The number of rotatable bonds is 6. The Hall–Kier alpha value is -3.13. The van der Waals surface area contributed by atoms with E-state index in [1.807, 2.05) is 0 Å². The predicted molar refractivity (Wildman–Crippen MR) is 92.4 cm³/mol. The molecule has 0 unspecified atom stereocenters. The van der Waals surface area contributed by atoms with Crippen molar-refractivity contribution in [3.63, 3.8) is 0 Å². The second kappa shape index (κ2) is 8.65. The summed E-state index contributed by atoms with van der Waals surface area (Å²) in [7, 11) is 0. The lowest BCUT2D eigenvalue weighted by atomic mass is 10.2. The van der Waals surface area contributed by atoms with Crippen LogP contribution in [0.4, 0.5) is 10.5 Å². The number of carbonyl (C=O) groups is 1. The molecule has 0 aliphatic heterocycles. The largest absolute Gasteiger partial charge is 0.450 e. The van der Waals surface area contributed by atoms with Crippen LogP contribution in [-0.4, -0.2) is 23.8 Å². The Morgan fingerprint density at radius 2 is 2.04 bits per heavy atom. The molecule has 0 radical (unpaired) electrons. The van der Waals surface area contributed by atoms with Gasteiger partial charge in [-0.3, -0.25) is 10.1 Å². The van der Waals surface area contributed by atoms with E-state index < -0.39 is 11.0 Å².